The molecular formula is C13H4N2O3. The molecule has 0 aromatic carbocycles. The van der Waals surface area contributed by atoms with E-state index in [4.69, 9.17) is 11.5 Å². The Morgan fingerprint density at radius 1 is 1.17 bits per heavy atom. The van der Waals surface area contributed by atoms with Gasteiger partial charge in [0, 0.05) is 17.8 Å². The monoisotopic (exact) mass is 236 g/mol. The van der Waals surface area contributed by atoms with Crippen molar-refractivity contribution in [3.05, 3.63) is 18.1 Å². The predicted molar refractivity (Wildman–Crippen MR) is 61.3 cm³/mol. The number of rotatable bonds is 1. The molecule has 0 saturated carbocycles. The SMILES string of the molecule is C#CC#CC#CC#COC(=O)c1cnc(O)cn1. The molecular weight excluding hydrogens is 232 g/mol. The molecule has 0 unspecified atom stereocenters. The Labute approximate surface area is 103 Å². The van der Waals surface area contributed by atoms with Crippen molar-refractivity contribution in [2.75, 3.05) is 0 Å². The van der Waals surface area contributed by atoms with E-state index in [9.17, 15) is 4.79 Å². The second-order valence-electron chi connectivity index (χ2n) is 2.52. The normalized spacial score (nSPS) is 7.06. The quantitative estimate of drug-likeness (QED) is 0.546. The summed E-state index contributed by atoms with van der Waals surface area (Å²) in [5.74, 6) is 12.4. The Hall–Kier alpha value is -3.41. The standard InChI is InChI=1S/C13H4N2O3/c1-2-3-4-5-6-7-8-18-13(17)11-9-15-12(16)10-14-11/h1,9-10H,(H,15,16). The van der Waals surface area contributed by atoms with Crippen LogP contribution in [-0.2, 0) is 4.74 Å². The number of aromatic nitrogens is 2. The summed E-state index contributed by atoms with van der Waals surface area (Å²) in [5, 5.41) is 8.86. The van der Waals surface area contributed by atoms with E-state index in [2.05, 4.69) is 56.3 Å². The molecule has 0 aliphatic carbocycles. The van der Waals surface area contributed by atoms with Gasteiger partial charge in [-0.15, -0.1) is 6.42 Å². The molecule has 0 fully saturated rings. The first-order chi connectivity index (χ1) is 8.74. The lowest BCUT2D eigenvalue weighted by Crippen LogP contribution is -2.03. The summed E-state index contributed by atoms with van der Waals surface area (Å²) in [5.41, 5.74) is -0.0813. The number of hydrogen-bond donors (Lipinski definition) is 1. The number of ether oxygens (including phenoxy) is 1. The van der Waals surface area contributed by atoms with Gasteiger partial charge in [-0.2, -0.15) is 0 Å². The van der Waals surface area contributed by atoms with E-state index in [1.165, 1.54) is 0 Å². The van der Waals surface area contributed by atoms with E-state index in [0.29, 0.717) is 0 Å². The summed E-state index contributed by atoms with van der Waals surface area (Å²) in [7, 11) is 0. The van der Waals surface area contributed by atoms with Crippen LogP contribution in [0.25, 0.3) is 0 Å². The van der Waals surface area contributed by atoms with Crippen LogP contribution in [-0.4, -0.2) is 21.0 Å². The van der Waals surface area contributed by atoms with Gasteiger partial charge in [-0.05, 0) is 17.8 Å². The van der Waals surface area contributed by atoms with Crippen molar-refractivity contribution in [2.45, 2.75) is 0 Å². The van der Waals surface area contributed by atoms with Crippen LogP contribution in [0, 0.1) is 48.1 Å². The molecule has 1 N–H and O–H groups in total. The average Bonchev–Trinajstić information content (AvgIpc) is 2.38. The maximum atomic E-state index is 11.3. The molecule has 84 valence electrons. The van der Waals surface area contributed by atoms with Gasteiger partial charge >= 0.3 is 5.97 Å². The fourth-order valence-electron chi connectivity index (χ4n) is 0.706. The molecule has 1 aromatic rings. The van der Waals surface area contributed by atoms with Gasteiger partial charge in [0.1, 0.15) is 6.11 Å². The molecule has 18 heavy (non-hydrogen) atoms. The number of nitrogens with zero attached hydrogens (tertiary/aromatic N) is 2. The minimum Gasteiger partial charge on any atom is -0.492 e. The van der Waals surface area contributed by atoms with E-state index in [-0.39, 0.29) is 11.6 Å². The van der Waals surface area contributed by atoms with Gasteiger partial charge in [-0.1, -0.05) is 0 Å². The minimum absolute atomic E-state index is 0.0813. The molecule has 5 heteroatoms. The van der Waals surface area contributed by atoms with E-state index in [1.807, 2.05) is 0 Å². The second kappa shape index (κ2) is 6.96. The molecule has 5 nitrogen and oxygen atoms in total. The van der Waals surface area contributed by atoms with Crippen LogP contribution in [0.1, 0.15) is 10.5 Å². The Kier molecular flexibility index (Phi) is 4.90. The van der Waals surface area contributed by atoms with Crippen LogP contribution in [0.2, 0.25) is 0 Å². The lowest BCUT2D eigenvalue weighted by molar-refractivity contribution is 0.0683. The molecule has 0 aliphatic heterocycles. The first-order valence-electron chi connectivity index (χ1n) is 4.42. The predicted octanol–water partition coefficient (Wildman–Crippen LogP) is -0.0601. The van der Waals surface area contributed by atoms with Crippen molar-refractivity contribution in [1.82, 2.24) is 9.97 Å². The molecule has 0 radical (unpaired) electrons. The fourth-order valence-corrected chi connectivity index (χ4v) is 0.706. The highest BCUT2D eigenvalue weighted by Crippen LogP contribution is 2.01. The van der Waals surface area contributed by atoms with Crippen molar-refractivity contribution in [3.8, 4) is 53.9 Å². The third kappa shape index (κ3) is 4.41. The highest BCUT2D eigenvalue weighted by Gasteiger charge is 2.07. The van der Waals surface area contributed by atoms with Crippen LogP contribution >= 0.6 is 0 Å². The van der Waals surface area contributed by atoms with Gasteiger partial charge < -0.3 is 9.84 Å². The number of esters is 1. The van der Waals surface area contributed by atoms with Gasteiger partial charge in [0.15, 0.2) is 5.69 Å². The van der Waals surface area contributed by atoms with E-state index >= 15 is 0 Å². The Balaban J connectivity index is 2.56. The molecule has 0 aliphatic rings. The number of carbonyl (C=O) groups is 1. The highest BCUT2D eigenvalue weighted by molar-refractivity contribution is 5.87. The van der Waals surface area contributed by atoms with Crippen molar-refractivity contribution in [2.24, 2.45) is 0 Å². The maximum Gasteiger partial charge on any atom is 0.372 e. The van der Waals surface area contributed by atoms with Crippen molar-refractivity contribution < 1.29 is 14.6 Å². The molecule has 0 saturated heterocycles. The van der Waals surface area contributed by atoms with Crippen molar-refractivity contribution >= 4 is 5.97 Å². The number of aromatic hydroxyl groups is 1. The minimum atomic E-state index is -0.800. The topological polar surface area (TPSA) is 72.3 Å². The Morgan fingerprint density at radius 3 is 2.56 bits per heavy atom. The zero-order chi connectivity index (χ0) is 13.2. The van der Waals surface area contributed by atoms with Crippen molar-refractivity contribution in [1.29, 1.82) is 0 Å². The van der Waals surface area contributed by atoms with Gasteiger partial charge in [-0.25, -0.2) is 14.8 Å². The van der Waals surface area contributed by atoms with Crippen LogP contribution in [0.4, 0.5) is 0 Å². The van der Waals surface area contributed by atoms with Gasteiger partial charge in [0.05, 0.1) is 12.4 Å². The van der Waals surface area contributed by atoms with Gasteiger partial charge in [0.2, 0.25) is 5.88 Å². The zero-order valence-electron chi connectivity index (χ0n) is 8.89. The third-order valence-electron chi connectivity index (χ3n) is 1.36. The average molecular weight is 236 g/mol. The van der Waals surface area contributed by atoms with Crippen molar-refractivity contribution in [3.63, 3.8) is 0 Å². The largest absolute Gasteiger partial charge is 0.492 e. The van der Waals surface area contributed by atoms with Gasteiger partial charge in [-0.3, -0.25) is 0 Å². The lowest BCUT2D eigenvalue weighted by atomic mass is 10.4. The first kappa shape index (κ1) is 12.7. The van der Waals surface area contributed by atoms with Gasteiger partial charge in [0.25, 0.3) is 0 Å². The molecule has 0 spiro atoms. The molecule has 1 rings (SSSR count). The lowest BCUT2D eigenvalue weighted by Gasteiger charge is -1.94. The smallest absolute Gasteiger partial charge is 0.372 e. The molecule has 0 atom stereocenters. The summed E-state index contributed by atoms with van der Waals surface area (Å²) < 4.78 is 4.50. The summed E-state index contributed by atoms with van der Waals surface area (Å²) >= 11 is 0. The summed E-state index contributed by atoms with van der Waals surface area (Å²) in [6.45, 7) is 0. The second-order valence-corrected chi connectivity index (χ2v) is 2.52. The highest BCUT2D eigenvalue weighted by atomic mass is 16.5. The number of hydrogen-bond acceptors (Lipinski definition) is 5. The van der Waals surface area contributed by atoms with E-state index < -0.39 is 5.97 Å². The first-order valence-corrected chi connectivity index (χ1v) is 4.42. The summed E-state index contributed by atoms with van der Waals surface area (Å²) in [4.78, 5) is 18.3. The molecule has 0 amide bonds. The van der Waals surface area contributed by atoms with Crippen LogP contribution in [0.3, 0.4) is 0 Å². The number of carbonyl (C=O) groups excluding carboxylic acids is 1. The molecule has 1 aromatic heterocycles. The Morgan fingerprint density at radius 2 is 1.89 bits per heavy atom. The maximum absolute atomic E-state index is 11.3. The van der Waals surface area contributed by atoms with Crippen LogP contribution < -0.4 is 0 Å². The van der Waals surface area contributed by atoms with Crippen LogP contribution in [0.15, 0.2) is 12.4 Å². The van der Waals surface area contributed by atoms with E-state index in [0.717, 1.165) is 12.4 Å². The van der Waals surface area contributed by atoms with E-state index in [1.54, 1.807) is 0 Å². The zero-order valence-corrected chi connectivity index (χ0v) is 8.89. The summed E-state index contributed by atoms with van der Waals surface area (Å²) in [6.07, 6.45) is 8.98. The van der Waals surface area contributed by atoms with Crippen LogP contribution in [0.5, 0.6) is 5.88 Å². The third-order valence-corrected chi connectivity index (χ3v) is 1.36. The number of terminal acetylenes is 1. The molecule has 1 heterocycles. The fraction of sp³-hybridized carbons (Fsp3) is 0. The Bertz CT molecular complexity index is 665. The molecule has 0 bridgehead atoms. The summed E-state index contributed by atoms with van der Waals surface area (Å²) in [6, 6.07) is 0.